The van der Waals surface area contributed by atoms with Gasteiger partial charge < -0.3 is 14.8 Å². The van der Waals surface area contributed by atoms with Crippen molar-refractivity contribution in [3.63, 3.8) is 0 Å². The average molecular weight is 321 g/mol. The highest BCUT2D eigenvalue weighted by atomic mass is 19.1. The number of rotatable bonds is 3. The molecule has 0 fully saturated rings. The first-order chi connectivity index (χ1) is 11.7. The molecule has 0 amide bonds. The van der Waals surface area contributed by atoms with Crippen LogP contribution in [0, 0.1) is 12.7 Å². The lowest BCUT2D eigenvalue weighted by Gasteiger charge is -2.21. The fourth-order valence-electron chi connectivity index (χ4n) is 2.68. The highest BCUT2D eigenvalue weighted by Crippen LogP contribution is 2.45. The Morgan fingerprint density at radius 3 is 2.33 bits per heavy atom. The number of anilines is 1. The third kappa shape index (κ3) is 2.67. The number of halogens is 1. The van der Waals surface area contributed by atoms with E-state index in [0.29, 0.717) is 35.1 Å². The maximum atomic E-state index is 13.6. The van der Waals surface area contributed by atoms with Crippen molar-refractivity contribution in [2.45, 2.75) is 13.5 Å². The standard InChI is InChI=1S/C20H16FNO2/c1-13-14(5-4-6-16(13)21)12-22-15-9-10-19-20(11-15)24-18-8-3-2-7-17(18)23-19/h2-11,22H,12H2,1H3. The zero-order valence-corrected chi connectivity index (χ0v) is 13.2. The van der Waals surface area contributed by atoms with Gasteiger partial charge in [0.05, 0.1) is 0 Å². The minimum absolute atomic E-state index is 0.187. The number of hydrogen-bond acceptors (Lipinski definition) is 3. The molecule has 1 N–H and O–H groups in total. The average Bonchev–Trinajstić information content (AvgIpc) is 2.61. The minimum Gasteiger partial charge on any atom is -0.450 e. The van der Waals surface area contributed by atoms with Crippen molar-refractivity contribution in [2.24, 2.45) is 0 Å². The van der Waals surface area contributed by atoms with Crippen LogP contribution in [0.5, 0.6) is 23.0 Å². The summed E-state index contributed by atoms with van der Waals surface area (Å²) in [6, 6.07) is 18.3. The molecule has 120 valence electrons. The number of para-hydroxylation sites is 2. The second kappa shape index (κ2) is 5.89. The molecule has 0 saturated heterocycles. The second-order valence-electron chi connectivity index (χ2n) is 5.69. The van der Waals surface area contributed by atoms with Crippen molar-refractivity contribution in [1.82, 2.24) is 0 Å². The van der Waals surface area contributed by atoms with Gasteiger partial charge in [-0.1, -0.05) is 24.3 Å². The van der Waals surface area contributed by atoms with Gasteiger partial charge in [-0.25, -0.2) is 4.39 Å². The molecule has 0 spiro atoms. The summed E-state index contributed by atoms with van der Waals surface area (Å²) in [5, 5.41) is 3.30. The van der Waals surface area contributed by atoms with E-state index in [1.807, 2.05) is 48.5 Å². The van der Waals surface area contributed by atoms with Crippen LogP contribution in [0.1, 0.15) is 11.1 Å². The Morgan fingerprint density at radius 2 is 1.54 bits per heavy atom. The molecule has 3 nitrogen and oxygen atoms in total. The molecule has 1 heterocycles. The lowest BCUT2D eigenvalue weighted by molar-refractivity contribution is 0.360. The molecule has 0 aromatic heterocycles. The number of ether oxygens (including phenoxy) is 2. The third-order valence-corrected chi connectivity index (χ3v) is 4.10. The van der Waals surface area contributed by atoms with Gasteiger partial charge in [0.25, 0.3) is 0 Å². The highest BCUT2D eigenvalue weighted by molar-refractivity contribution is 5.60. The normalized spacial score (nSPS) is 11.8. The Morgan fingerprint density at radius 1 is 0.833 bits per heavy atom. The Labute approximate surface area is 139 Å². The summed E-state index contributed by atoms with van der Waals surface area (Å²) in [7, 11) is 0. The summed E-state index contributed by atoms with van der Waals surface area (Å²) in [4.78, 5) is 0. The van der Waals surface area contributed by atoms with Crippen LogP contribution in [0.25, 0.3) is 0 Å². The highest BCUT2D eigenvalue weighted by Gasteiger charge is 2.18. The van der Waals surface area contributed by atoms with Gasteiger partial charge in [-0.2, -0.15) is 0 Å². The lowest BCUT2D eigenvalue weighted by Crippen LogP contribution is -2.04. The number of benzene rings is 3. The van der Waals surface area contributed by atoms with Gasteiger partial charge in [-0.05, 0) is 48.4 Å². The van der Waals surface area contributed by atoms with Crippen LogP contribution < -0.4 is 14.8 Å². The predicted molar refractivity (Wildman–Crippen MR) is 91.5 cm³/mol. The quantitative estimate of drug-likeness (QED) is 0.529. The van der Waals surface area contributed by atoms with E-state index >= 15 is 0 Å². The molecule has 3 aromatic carbocycles. The molecule has 0 aliphatic carbocycles. The first kappa shape index (κ1) is 14.6. The Balaban J connectivity index is 1.53. The second-order valence-corrected chi connectivity index (χ2v) is 5.69. The molecule has 24 heavy (non-hydrogen) atoms. The van der Waals surface area contributed by atoms with Crippen molar-refractivity contribution in [3.8, 4) is 23.0 Å². The van der Waals surface area contributed by atoms with E-state index in [1.165, 1.54) is 6.07 Å². The van der Waals surface area contributed by atoms with Gasteiger partial charge in [-0.15, -0.1) is 0 Å². The van der Waals surface area contributed by atoms with E-state index in [9.17, 15) is 4.39 Å². The van der Waals surface area contributed by atoms with Crippen molar-refractivity contribution >= 4 is 5.69 Å². The lowest BCUT2D eigenvalue weighted by atomic mass is 10.1. The van der Waals surface area contributed by atoms with Crippen LogP contribution in [0.2, 0.25) is 0 Å². The molecule has 0 radical (unpaired) electrons. The minimum atomic E-state index is -0.187. The third-order valence-electron chi connectivity index (χ3n) is 4.10. The molecular weight excluding hydrogens is 305 g/mol. The fourth-order valence-corrected chi connectivity index (χ4v) is 2.68. The van der Waals surface area contributed by atoms with Gasteiger partial charge in [0.2, 0.25) is 0 Å². The Bertz CT molecular complexity index is 908. The van der Waals surface area contributed by atoms with Gasteiger partial charge in [0, 0.05) is 18.3 Å². The summed E-state index contributed by atoms with van der Waals surface area (Å²) < 4.78 is 25.3. The van der Waals surface area contributed by atoms with E-state index in [4.69, 9.17) is 9.47 Å². The monoisotopic (exact) mass is 321 g/mol. The molecule has 4 rings (SSSR count). The zero-order chi connectivity index (χ0) is 16.5. The summed E-state index contributed by atoms with van der Waals surface area (Å²) in [6.45, 7) is 2.33. The first-order valence-electron chi connectivity index (χ1n) is 7.77. The number of fused-ring (bicyclic) bond motifs is 2. The van der Waals surface area contributed by atoms with Crippen LogP contribution in [0.4, 0.5) is 10.1 Å². The summed E-state index contributed by atoms with van der Waals surface area (Å²) in [6.07, 6.45) is 0. The van der Waals surface area contributed by atoms with E-state index in [2.05, 4.69) is 5.32 Å². The van der Waals surface area contributed by atoms with Crippen molar-refractivity contribution in [3.05, 3.63) is 77.6 Å². The Kier molecular flexibility index (Phi) is 3.58. The maximum absolute atomic E-state index is 13.6. The molecule has 1 aliphatic heterocycles. The van der Waals surface area contributed by atoms with E-state index in [1.54, 1.807) is 13.0 Å². The van der Waals surface area contributed by atoms with Crippen LogP contribution >= 0.6 is 0 Å². The largest absolute Gasteiger partial charge is 0.450 e. The van der Waals surface area contributed by atoms with Crippen molar-refractivity contribution in [1.29, 1.82) is 0 Å². The van der Waals surface area contributed by atoms with Crippen LogP contribution in [-0.2, 0) is 6.54 Å². The molecular formula is C20H16FNO2. The van der Waals surface area contributed by atoms with E-state index in [0.717, 1.165) is 11.3 Å². The van der Waals surface area contributed by atoms with Crippen molar-refractivity contribution in [2.75, 3.05) is 5.32 Å². The van der Waals surface area contributed by atoms with Gasteiger partial charge in [0.15, 0.2) is 23.0 Å². The molecule has 0 bridgehead atoms. The molecule has 0 atom stereocenters. The smallest absolute Gasteiger partial charge is 0.172 e. The SMILES string of the molecule is Cc1c(F)cccc1CNc1ccc2c(c1)Oc1ccccc1O2. The molecule has 3 aromatic rings. The van der Waals surface area contributed by atoms with Crippen LogP contribution in [0.3, 0.4) is 0 Å². The van der Waals surface area contributed by atoms with Crippen molar-refractivity contribution < 1.29 is 13.9 Å². The predicted octanol–water partition coefficient (Wildman–Crippen LogP) is 5.64. The first-order valence-corrected chi connectivity index (χ1v) is 7.77. The van der Waals surface area contributed by atoms with Crippen LogP contribution in [-0.4, -0.2) is 0 Å². The van der Waals surface area contributed by atoms with Gasteiger partial charge >= 0.3 is 0 Å². The molecule has 4 heteroatoms. The molecule has 0 saturated carbocycles. The maximum Gasteiger partial charge on any atom is 0.172 e. The summed E-state index contributed by atoms with van der Waals surface area (Å²) in [5.41, 5.74) is 2.48. The molecule has 1 aliphatic rings. The summed E-state index contributed by atoms with van der Waals surface area (Å²) in [5.74, 6) is 2.56. The topological polar surface area (TPSA) is 30.5 Å². The van der Waals surface area contributed by atoms with Gasteiger partial charge in [-0.3, -0.25) is 0 Å². The number of hydrogen-bond donors (Lipinski definition) is 1. The van der Waals surface area contributed by atoms with E-state index in [-0.39, 0.29) is 5.82 Å². The molecule has 0 unspecified atom stereocenters. The zero-order valence-electron chi connectivity index (χ0n) is 13.2. The summed E-state index contributed by atoms with van der Waals surface area (Å²) >= 11 is 0. The fraction of sp³-hybridized carbons (Fsp3) is 0.100. The number of nitrogens with one attached hydrogen (secondary N) is 1. The van der Waals surface area contributed by atoms with E-state index < -0.39 is 0 Å². The van der Waals surface area contributed by atoms with Gasteiger partial charge in [0.1, 0.15) is 5.82 Å². The van der Waals surface area contributed by atoms with Crippen LogP contribution in [0.15, 0.2) is 60.7 Å². The Hall–Kier alpha value is -3.01.